The van der Waals surface area contributed by atoms with Crippen molar-refractivity contribution >= 4 is 35.6 Å². The SMILES string of the molecule is CN=C(NCCCOCc1ccco1)N1CCN(c2cccc(OC)c2)CC1.I. The van der Waals surface area contributed by atoms with Crippen molar-refractivity contribution in [2.45, 2.75) is 13.0 Å². The van der Waals surface area contributed by atoms with Gasteiger partial charge in [0, 0.05) is 58.1 Å². The number of rotatable bonds is 8. The molecule has 2 heterocycles. The number of nitrogens with zero attached hydrogens (tertiary/aromatic N) is 3. The maximum Gasteiger partial charge on any atom is 0.193 e. The molecular formula is C21H31IN4O3. The van der Waals surface area contributed by atoms with Crippen LogP contribution >= 0.6 is 24.0 Å². The van der Waals surface area contributed by atoms with Gasteiger partial charge in [0.2, 0.25) is 0 Å². The fourth-order valence-electron chi connectivity index (χ4n) is 3.26. The number of halogens is 1. The Hall–Kier alpha value is -1.94. The van der Waals surface area contributed by atoms with E-state index in [0.717, 1.165) is 56.6 Å². The quantitative estimate of drug-likeness (QED) is 0.253. The normalized spacial score (nSPS) is 14.5. The minimum absolute atomic E-state index is 0. The van der Waals surface area contributed by atoms with Crippen LogP contribution in [0.15, 0.2) is 52.1 Å². The number of benzene rings is 1. The molecule has 0 aliphatic carbocycles. The first-order valence-electron chi connectivity index (χ1n) is 9.75. The second-order valence-electron chi connectivity index (χ2n) is 6.64. The fourth-order valence-corrected chi connectivity index (χ4v) is 3.26. The second-order valence-corrected chi connectivity index (χ2v) is 6.64. The lowest BCUT2D eigenvalue weighted by Crippen LogP contribution is -2.52. The van der Waals surface area contributed by atoms with Crippen LogP contribution < -0.4 is 15.0 Å². The van der Waals surface area contributed by atoms with Gasteiger partial charge in [0.15, 0.2) is 5.96 Å². The second kappa shape index (κ2) is 12.6. The lowest BCUT2D eigenvalue weighted by atomic mass is 10.2. The summed E-state index contributed by atoms with van der Waals surface area (Å²) < 4.78 is 16.2. The molecule has 0 bridgehead atoms. The van der Waals surface area contributed by atoms with Crippen molar-refractivity contribution in [3.63, 3.8) is 0 Å². The van der Waals surface area contributed by atoms with Gasteiger partial charge in [-0.1, -0.05) is 6.07 Å². The number of hydrogen-bond acceptors (Lipinski definition) is 5. The maximum absolute atomic E-state index is 5.62. The van der Waals surface area contributed by atoms with Gasteiger partial charge in [-0.2, -0.15) is 0 Å². The van der Waals surface area contributed by atoms with Gasteiger partial charge in [-0.05, 0) is 30.7 Å². The first-order chi connectivity index (χ1) is 13.8. The van der Waals surface area contributed by atoms with Crippen molar-refractivity contribution in [1.29, 1.82) is 0 Å². The molecule has 160 valence electrons. The Balaban J connectivity index is 0.00000300. The van der Waals surface area contributed by atoms with Crippen LogP contribution in [0.3, 0.4) is 0 Å². The van der Waals surface area contributed by atoms with Gasteiger partial charge in [-0.3, -0.25) is 4.99 Å². The van der Waals surface area contributed by atoms with Crippen LogP contribution in [-0.2, 0) is 11.3 Å². The summed E-state index contributed by atoms with van der Waals surface area (Å²) in [6.07, 6.45) is 2.59. The Morgan fingerprint density at radius 1 is 1.17 bits per heavy atom. The molecule has 0 amide bonds. The largest absolute Gasteiger partial charge is 0.497 e. The van der Waals surface area contributed by atoms with Crippen LogP contribution in [-0.4, -0.2) is 64.3 Å². The number of aliphatic imine (C=N–C) groups is 1. The molecule has 7 nitrogen and oxygen atoms in total. The molecule has 0 spiro atoms. The molecule has 2 aromatic rings. The maximum atomic E-state index is 5.62. The van der Waals surface area contributed by atoms with Crippen LogP contribution in [0.1, 0.15) is 12.2 Å². The lowest BCUT2D eigenvalue weighted by molar-refractivity contribution is 0.104. The number of hydrogen-bond donors (Lipinski definition) is 1. The monoisotopic (exact) mass is 514 g/mol. The van der Waals surface area contributed by atoms with E-state index >= 15 is 0 Å². The molecule has 1 aromatic heterocycles. The van der Waals surface area contributed by atoms with Gasteiger partial charge in [0.1, 0.15) is 18.1 Å². The Labute approximate surface area is 190 Å². The Kier molecular flexibility index (Phi) is 10.1. The van der Waals surface area contributed by atoms with Crippen LogP contribution in [0.25, 0.3) is 0 Å². The van der Waals surface area contributed by atoms with Crippen molar-refractivity contribution in [1.82, 2.24) is 10.2 Å². The summed E-state index contributed by atoms with van der Waals surface area (Å²) >= 11 is 0. The van der Waals surface area contributed by atoms with Crippen molar-refractivity contribution in [2.24, 2.45) is 4.99 Å². The summed E-state index contributed by atoms with van der Waals surface area (Å²) in [6.45, 7) is 5.83. The van der Waals surface area contributed by atoms with Crippen molar-refractivity contribution < 1.29 is 13.9 Å². The molecule has 1 aliphatic rings. The van der Waals surface area contributed by atoms with Crippen LogP contribution in [0.5, 0.6) is 5.75 Å². The Morgan fingerprint density at radius 3 is 2.69 bits per heavy atom. The topological polar surface area (TPSA) is 62.5 Å². The zero-order valence-electron chi connectivity index (χ0n) is 17.2. The zero-order valence-corrected chi connectivity index (χ0v) is 19.5. The van der Waals surface area contributed by atoms with E-state index in [9.17, 15) is 0 Å². The minimum Gasteiger partial charge on any atom is -0.497 e. The predicted molar refractivity (Wildman–Crippen MR) is 127 cm³/mol. The first-order valence-corrected chi connectivity index (χ1v) is 9.75. The van der Waals surface area contributed by atoms with Crippen molar-refractivity contribution in [3.05, 3.63) is 48.4 Å². The molecule has 8 heteroatoms. The molecule has 0 radical (unpaired) electrons. The average molecular weight is 514 g/mol. The van der Waals surface area contributed by atoms with Gasteiger partial charge in [0.25, 0.3) is 0 Å². The summed E-state index contributed by atoms with van der Waals surface area (Å²) in [5.41, 5.74) is 1.20. The average Bonchev–Trinajstić information content (AvgIpc) is 3.27. The van der Waals surface area contributed by atoms with E-state index in [4.69, 9.17) is 13.9 Å². The zero-order chi connectivity index (χ0) is 19.6. The molecule has 0 saturated carbocycles. The molecule has 0 atom stereocenters. The highest BCUT2D eigenvalue weighted by Gasteiger charge is 2.19. The van der Waals surface area contributed by atoms with Gasteiger partial charge in [0.05, 0.1) is 13.4 Å². The Bertz CT molecular complexity index is 731. The number of nitrogens with one attached hydrogen (secondary N) is 1. The standard InChI is InChI=1S/C21H30N4O3.HI/c1-22-21(23-9-5-14-27-17-20-8-4-15-28-20)25-12-10-24(11-13-25)18-6-3-7-19(16-18)26-2;/h3-4,6-8,15-16H,5,9-14,17H2,1-2H3,(H,22,23);1H. The molecule has 1 N–H and O–H groups in total. The summed E-state index contributed by atoms with van der Waals surface area (Å²) in [6, 6.07) is 12.0. The van der Waals surface area contributed by atoms with Crippen LogP contribution in [0.4, 0.5) is 5.69 Å². The molecule has 1 fully saturated rings. The number of methoxy groups -OCH3 is 1. The number of piperazine rings is 1. The van der Waals surface area contributed by atoms with E-state index in [1.807, 2.05) is 31.3 Å². The first kappa shape index (κ1) is 23.3. The summed E-state index contributed by atoms with van der Waals surface area (Å²) in [5, 5.41) is 3.44. The number of ether oxygens (including phenoxy) is 2. The molecule has 29 heavy (non-hydrogen) atoms. The van der Waals surface area contributed by atoms with Crippen LogP contribution in [0, 0.1) is 0 Å². The third-order valence-electron chi connectivity index (χ3n) is 4.78. The highest BCUT2D eigenvalue weighted by Crippen LogP contribution is 2.22. The number of anilines is 1. The minimum atomic E-state index is 0. The molecular weight excluding hydrogens is 483 g/mol. The van der Waals surface area contributed by atoms with E-state index in [-0.39, 0.29) is 24.0 Å². The van der Waals surface area contributed by atoms with E-state index in [0.29, 0.717) is 13.2 Å². The molecule has 1 saturated heterocycles. The third kappa shape index (κ3) is 7.11. The van der Waals surface area contributed by atoms with Crippen molar-refractivity contribution in [3.8, 4) is 5.75 Å². The summed E-state index contributed by atoms with van der Waals surface area (Å²) in [7, 11) is 3.54. The van der Waals surface area contributed by atoms with E-state index < -0.39 is 0 Å². The third-order valence-corrected chi connectivity index (χ3v) is 4.78. The van der Waals surface area contributed by atoms with Gasteiger partial charge in [-0.15, -0.1) is 24.0 Å². The molecule has 1 aromatic carbocycles. The molecule has 0 unspecified atom stereocenters. The van der Waals surface area contributed by atoms with E-state index in [2.05, 4.69) is 32.2 Å². The molecule has 3 rings (SSSR count). The highest BCUT2D eigenvalue weighted by molar-refractivity contribution is 14.0. The van der Waals surface area contributed by atoms with Gasteiger partial charge >= 0.3 is 0 Å². The summed E-state index contributed by atoms with van der Waals surface area (Å²) in [4.78, 5) is 9.12. The highest BCUT2D eigenvalue weighted by atomic mass is 127. The van der Waals surface area contributed by atoms with Gasteiger partial charge in [-0.25, -0.2) is 0 Å². The van der Waals surface area contributed by atoms with Gasteiger partial charge < -0.3 is 29.0 Å². The summed E-state index contributed by atoms with van der Waals surface area (Å²) in [5.74, 6) is 2.71. The van der Waals surface area contributed by atoms with E-state index in [1.54, 1.807) is 13.4 Å². The fraction of sp³-hybridized carbons (Fsp3) is 0.476. The van der Waals surface area contributed by atoms with Crippen LogP contribution in [0.2, 0.25) is 0 Å². The van der Waals surface area contributed by atoms with Crippen molar-refractivity contribution in [2.75, 3.05) is 58.4 Å². The molecule has 1 aliphatic heterocycles. The number of furan rings is 1. The smallest absolute Gasteiger partial charge is 0.193 e. The number of guanidine groups is 1. The predicted octanol–water partition coefficient (Wildman–Crippen LogP) is 3.21. The Morgan fingerprint density at radius 2 is 2.00 bits per heavy atom. The lowest BCUT2D eigenvalue weighted by Gasteiger charge is -2.37. The van der Waals surface area contributed by atoms with E-state index in [1.165, 1.54) is 5.69 Å².